The molecule has 2 heterocycles. The van der Waals surface area contributed by atoms with Gasteiger partial charge in [0.25, 0.3) is 10.1 Å². The number of benzene rings is 3. The van der Waals surface area contributed by atoms with E-state index in [4.69, 9.17) is 0 Å². The monoisotopic (exact) mass is 420 g/mol. The Hall–Kier alpha value is -3.49. The third-order valence-corrected chi connectivity index (χ3v) is 6.50. The van der Waals surface area contributed by atoms with Crippen LogP contribution in [0, 0.1) is 6.92 Å². The first kappa shape index (κ1) is 18.5. The van der Waals surface area contributed by atoms with E-state index in [2.05, 4.69) is 4.98 Å². The first-order valence-corrected chi connectivity index (χ1v) is 10.6. The minimum absolute atomic E-state index is 0.0882. The lowest BCUT2D eigenvalue weighted by Gasteiger charge is -2.14. The molecule has 0 radical (unpaired) electrons. The number of nitrogens with one attached hydrogen (secondary N) is 1. The Kier molecular flexibility index (Phi) is 3.71. The van der Waals surface area contributed by atoms with Crippen LogP contribution in [0.25, 0.3) is 43.6 Å². The largest absolute Gasteiger partial charge is 0.354 e. The van der Waals surface area contributed by atoms with Crippen LogP contribution in [0.3, 0.4) is 0 Å². The van der Waals surface area contributed by atoms with E-state index in [-0.39, 0.29) is 26.7 Å². The van der Waals surface area contributed by atoms with Gasteiger partial charge in [-0.2, -0.15) is 8.42 Å². The summed E-state index contributed by atoms with van der Waals surface area (Å²) in [6, 6.07) is 12.9. The molecular weight excluding hydrogens is 404 g/mol. The van der Waals surface area contributed by atoms with Gasteiger partial charge in [-0.15, -0.1) is 0 Å². The number of pyridine rings is 2. The highest BCUT2D eigenvalue weighted by molar-refractivity contribution is 7.86. The zero-order valence-electron chi connectivity index (χ0n) is 16.1. The summed E-state index contributed by atoms with van der Waals surface area (Å²) < 4.78 is 34.9. The van der Waals surface area contributed by atoms with Crippen molar-refractivity contribution < 1.29 is 13.0 Å². The van der Waals surface area contributed by atoms with Gasteiger partial charge in [0.2, 0.25) is 0 Å². The average Bonchev–Trinajstić information content (AvgIpc) is 2.70. The number of hydrogen-bond acceptors (Lipinski definition) is 4. The van der Waals surface area contributed by atoms with E-state index >= 15 is 0 Å². The Labute approximate surface area is 169 Å². The van der Waals surface area contributed by atoms with E-state index < -0.39 is 10.1 Å². The fourth-order valence-corrected chi connectivity index (χ4v) is 4.96. The summed E-state index contributed by atoms with van der Waals surface area (Å²) >= 11 is 0. The molecule has 0 atom stereocenters. The van der Waals surface area contributed by atoms with Crippen LogP contribution in [-0.4, -0.2) is 22.5 Å². The van der Waals surface area contributed by atoms with Gasteiger partial charge in [-0.1, -0.05) is 18.2 Å². The molecule has 0 saturated carbocycles. The van der Waals surface area contributed by atoms with Gasteiger partial charge in [0.15, 0.2) is 10.9 Å². The number of aromatic amines is 1. The van der Waals surface area contributed by atoms with Gasteiger partial charge >= 0.3 is 0 Å². The summed E-state index contributed by atoms with van der Waals surface area (Å²) in [5.74, 6) is 0. The molecular formula is C22H16N2O5S. The molecule has 3 aromatic carbocycles. The Balaban J connectivity index is 2.07. The van der Waals surface area contributed by atoms with Crippen LogP contribution in [0.2, 0.25) is 0 Å². The summed E-state index contributed by atoms with van der Waals surface area (Å²) in [6.07, 6.45) is 0. The standard InChI is InChI=1S/C22H16N2O5S/c1-11-5-3-7-15-19(11)22(26)13-10-17-14(9-16(13)23-15)21(25)12-6-4-8-18(30(27,28)29)20(12)24(17)2/h3-10H,1-2H3,(H,23,26)(H,27,28,29). The van der Waals surface area contributed by atoms with Crippen molar-refractivity contribution in [1.29, 1.82) is 0 Å². The molecule has 0 fully saturated rings. The lowest BCUT2D eigenvalue weighted by molar-refractivity contribution is 0.484. The molecule has 0 amide bonds. The molecule has 0 saturated heterocycles. The molecule has 0 aliphatic heterocycles. The second kappa shape index (κ2) is 6.01. The average molecular weight is 420 g/mol. The van der Waals surface area contributed by atoms with Crippen molar-refractivity contribution >= 4 is 53.7 Å². The molecule has 5 rings (SSSR count). The highest BCUT2D eigenvalue weighted by Gasteiger charge is 2.20. The number of rotatable bonds is 1. The first-order valence-electron chi connectivity index (χ1n) is 9.17. The summed E-state index contributed by atoms with van der Waals surface area (Å²) in [5, 5.41) is 1.46. The van der Waals surface area contributed by atoms with Crippen molar-refractivity contribution in [3.8, 4) is 0 Å². The summed E-state index contributed by atoms with van der Waals surface area (Å²) in [4.78, 5) is 29.3. The molecule has 0 aliphatic rings. The van der Waals surface area contributed by atoms with Gasteiger partial charge in [0.1, 0.15) is 4.90 Å². The van der Waals surface area contributed by atoms with E-state index in [1.165, 1.54) is 22.8 Å². The van der Waals surface area contributed by atoms with Crippen LogP contribution in [0.4, 0.5) is 0 Å². The number of hydrogen-bond donors (Lipinski definition) is 2. The van der Waals surface area contributed by atoms with E-state index in [9.17, 15) is 22.6 Å². The SMILES string of the molecule is Cc1cccc2[nH]c3cc4c(=O)c5cccc(S(=O)(=O)O)c5n(C)c4cc3c(=O)c12. The fraction of sp³-hybridized carbons (Fsp3) is 0.0909. The maximum Gasteiger partial charge on any atom is 0.296 e. The predicted molar refractivity (Wildman–Crippen MR) is 117 cm³/mol. The summed E-state index contributed by atoms with van der Waals surface area (Å²) in [7, 11) is -2.95. The Morgan fingerprint density at radius 1 is 0.900 bits per heavy atom. The molecule has 5 aromatic rings. The number of aryl methyl sites for hydroxylation is 2. The summed E-state index contributed by atoms with van der Waals surface area (Å²) in [6.45, 7) is 1.85. The van der Waals surface area contributed by atoms with E-state index in [1.54, 1.807) is 19.2 Å². The van der Waals surface area contributed by atoms with Crippen molar-refractivity contribution in [2.45, 2.75) is 11.8 Å². The number of fused-ring (bicyclic) bond motifs is 4. The molecule has 0 unspecified atom stereocenters. The molecule has 8 heteroatoms. The smallest absolute Gasteiger partial charge is 0.296 e. The number of para-hydroxylation sites is 1. The number of aromatic nitrogens is 2. The van der Waals surface area contributed by atoms with E-state index in [1.807, 2.05) is 25.1 Å². The second-order valence-corrected chi connectivity index (χ2v) is 8.77. The third-order valence-electron chi connectivity index (χ3n) is 5.61. The van der Waals surface area contributed by atoms with Crippen LogP contribution >= 0.6 is 0 Å². The second-order valence-electron chi connectivity index (χ2n) is 7.38. The van der Waals surface area contributed by atoms with Crippen molar-refractivity contribution in [1.82, 2.24) is 9.55 Å². The Morgan fingerprint density at radius 2 is 1.63 bits per heavy atom. The highest BCUT2D eigenvalue weighted by atomic mass is 32.2. The van der Waals surface area contributed by atoms with E-state index in [0.29, 0.717) is 32.7 Å². The minimum atomic E-state index is -4.55. The van der Waals surface area contributed by atoms with Crippen molar-refractivity contribution in [3.63, 3.8) is 0 Å². The van der Waals surface area contributed by atoms with Crippen molar-refractivity contribution in [3.05, 3.63) is 74.5 Å². The normalized spacial score (nSPS) is 12.4. The lowest BCUT2D eigenvalue weighted by Crippen LogP contribution is -2.14. The zero-order valence-corrected chi connectivity index (χ0v) is 16.9. The van der Waals surface area contributed by atoms with Crippen LogP contribution < -0.4 is 10.9 Å². The van der Waals surface area contributed by atoms with Gasteiger partial charge in [0.05, 0.1) is 22.1 Å². The van der Waals surface area contributed by atoms with Crippen LogP contribution in [0.5, 0.6) is 0 Å². The number of H-pyrrole nitrogens is 1. The topological polar surface area (TPSA) is 109 Å². The third kappa shape index (κ3) is 2.44. The van der Waals surface area contributed by atoms with Gasteiger partial charge in [0, 0.05) is 28.6 Å². The van der Waals surface area contributed by atoms with Crippen LogP contribution in [0.15, 0.2) is 63.0 Å². The van der Waals surface area contributed by atoms with Crippen LogP contribution in [-0.2, 0) is 17.2 Å². The van der Waals surface area contributed by atoms with Crippen molar-refractivity contribution in [2.24, 2.45) is 7.05 Å². The maximum atomic E-state index is 13.2. The molecule has 0 spiro atoms. The van der Waals surface area contributed by atoms with Gasteiger partial charge in [-0.25, -0.2) is 0 Å². The molecule has 7 nitrogen and oxygen atoms in total. The molecule has 2 N–H and O–H groups in total. The number of nitrogens with zero attached hydrogens (tertiary/aromatic N) is 1. The minimum Gasteiger partial charge on any atom is -0.354 e. The van der Waals surface area contributed by atoms with Gasteiger partial charge in [-0.3, -0.25) is 14.1 Å². The maximum absolute atomic E-state index is 13.2. The van der Waals surface area contributed by atoms with Gasteiger partial charge < -0.3 is 9.55 Å². The molecule has 150 valence electrons. The zero-order chi connectivity index (χ0) is 21.4. The predicted octanol–water partition coefficient (Wildman–Crippen LogP) is 3.24. The molecule has 0 aliphatic carbocycles. The van der Waals surface area contributed by atoms with Crippen molar-refractivity contribution in [2.75, 3.05) is 0 Å². The molecule has 30 heavy (non-hydrogen) atoms. The highest BCUT2D eigenvalue weighted by Crippen LogP contribution is 2.27. The summed E-state index contributed by atoms with van der Waals surface area (Å²) in [5.41, 5.74) is 1.97. The molecule has 0 bridgehead atoms. The quantitative estimate of drug-likeness (QED) is 0.320. The van der Waals surface area contributed by atoms with Crippen LogP contribution in [0.1, 0.15) is 5.56 Å². The first-order chi connectivity index (χ1) is 14.2. The lowest BCUT2D eigenvalue weighted by atomic mass is 10.0. The fourth-order valence-electron chi connectivity index (χ4n) is 4.22. The van der Waals surface area contributed by atoms with E-state index in [0.717, 1.165) is 5.56 Å². The molecule has 2 aromatic heterocycles. The Morgan fingerprint density at radius 3 is 2.37 bits per heavy atom. The van der Waals surface area contributed by atoms with Gasteiger partial charge in [-0.05, 0) is 42.8 Å². The Bertz CT molecular complexity index is 1780.